The molecule has 4 rings (SSSR count). The van der Waals surface area contributed by atoms with E-state index in [1.807, 2.05) is 41.2 Å². The zero-order valence-corrected chi connectivity index (χ0v) is 16.3. The van der Waals surface area contributed by atoms with E-state index in [2.05, 4.69) is 25.3 Å². The third-order valence-corrected chi connectivity index (χ3v) is 5.25. The molecule has 0 atom stereocenters. The zero-order chi connectivity index (χ0) is 20.2. The van der Waals surface area contributed by atoms with Gasteiger partial charge in [-0.1, -0.05) is 47.3 Å². The number of aromatic amines is 1. The average molecular weight is 412 g/mol. The highest BCUT2D eigenvalue weighted by atomic mass is 32.2. The summed E-state index contributed by atoms with van der Waals surface area (Å²) in [6.45, 7) is 0.854. The Hall–Kier alpha value is -3.18. The van der Waals surface area contributed by atoms with Crippen LogP contribution in [-0.4, -0.2) is 52.0 Å². The number of nitrogens with two attached hydrogens (primary N) is 1. The highest BCUT2D eigenvalue weighted by Crippen LogP contribution is 2.22. The number of hydrogen-bond acceptors (Lipinski definition) is 8. The average Bonchev–Trinajstić information content (AvgIpc) is 3.28. The topological polar surface area (TPSA) is 141 Å². The molecule has 0 bridgehead atoms. The number of anilines is 1. The van der Waals surface area contributed by atoms with Crippen molar-refractivity contribution >= 4 is 28.9 Å². The van der Waals surface area contributed by atoms with Gasteiger partial charge in [0.2, 0.25) is 5.95 Å². The Bertz CT molecular complexity index is 1170. The summed E-state index contributed by atoms with van der Waals surface area (Å²) in [4.78, 5) is 23.0. The second kappa shape index (κ2) is 8.45. The third-order valence-electron chi connectivity index (χ3n) is 4.28. The summed E-state index contributed by atoms with van der Waals surface area (Å²) in [5.41, 5.74) is 7.86. The number of H-pyrrole nitrogens is 1. The number of nitrogens with one attached hydrogen (secondary N) is 1. The molecule has 10 nitrogen and oxygen atoms in total. The van der Waals surface area contributed by atoms with E-state index < -0.39 is 5.56 Å². The molecule has 3 aromatic heterocycles. The van der Waals surface area contributed by atoms with Gasteiger partial charge in [-0.15, -0.1) is 5.10 Å². The molecule has 0 saturated heterocycles. The monoisotopic (exact) mass is 412 g/mol. The minimum Gasteiger partial charge on any atom is -0.395 e. The molecule has 11 heteroatoms. The number of hydrogen-bond donors (Lipinski definition) is 3. The number of aliphatic hydroxyl groups excluding tert-OH is 1. The molecule has 3 heterocycles. The van der Waals surface area contributed by atoms with Gasteiger partial charge in [-0.05, 0) is 5.56 Å². The van der Waals surface area contributed by atoms with Gasteiger partial charge in [0.25, 0.3) is 5.56 Å². The quantitative estimate of drug-likeness (QED) is 0.359. The van der Waals surface area contributed by atoms with Gasteiger partial charge >= 0.3 is 0 Å². The Morgan fingerprint density at radius 3 is 2.83 bits per heavy atom. The number of aliphatic hydroxyl groups is 1. The first-order valence-electron chi connectivity index (χ1n) is 9.06. The standard InChI is InChI=1S/C18H20N8O2S/c19-17-21-15-14(16(28)22-17)20-18(26(15)7-8-27)29-9-6-13-11-25(24-23-13)10-12-4-2-1-3-5-12/h1-5,11,27H,6-10H2,(H3,19,21,22,28). The van der Waals surface area contributed by atoms with E-state index >= 15 is 0 Å². The molecular weight excluding hydrogens is 392 g/mol. The molecule has 0 saturated carbocycles. The molecule has 4 aromatic rings. The van der Waals surface area contributed by atoms with Crippen molar-refractivity contribution in [2.75, 3.05) is 18.1 Å². The second-order valence-electron chi connectivity index (χ2n) is 6.38. The van der Waals surface area contributed by atoms with Crippen LogP contribution in [-0.2, 0) is 19.5 Å². The van der Waals surface area contributed by atoms with Crippen molar-refractivity contribution in [2.24, 2.45) is 0 Å². The van der Waals surface area contributed by atoms with Gasteiger partial charge in [0.1, 0.15) is 0 Å². The number of nitrogens with zero attached hydrogens (tertiary/aromatic N) is 6. The molecule has 29 heavy (non-hydrogen) atoms. The van der Waals surface area contributed by atoms with Crippen LogP contribution in [0.1, 0.15) is 11.3 Å². The number of aryl methyl sites for hydroxylation is 1. The van der Waals surface area contributed by atoms with Crippen molar-refractivity contribution in [3.8, 4) is 0 Å². The Morgan fingerprint density at radius 1 is 1.21 bits per heavy atom. The van der Waals surface area contributed by atoms with Crippen molar-refractivity contribution in [2.45, 2.75) is 24.7 Å². The van der Waals surface area contributed by atoms with Crippen LogP contribution < -0.4 is 11.3 Å². The summed E-state index contributed by atoms with van der Waals surface area (Å²) in [7, 11) is 0. The molecule has 1 aromatic carbocycles. The summed E-state index contributed by atoms with van der Waals surface area (Å²) in [6.07, 6.45) is 2.62. The number of aromatic nitrogens is 7. The highest BCUT2D eigenvalue weighted by molar-refractivity contribution is 7.99. The largest absolute Gasteiger partial charge is 0.395 e. The Kier molecular flexibility index (Phi) is 5.58. The van der Waals surface area contributed by atoms with Gasteiger partial charge < -0.3 is 15.4 Å². The lowest BCUT2D eigenvalue weighted by Crippen LogP contribution is -2.12. The van der Waals surface area contributed by atoms with Crippen LogP contribution in [0, 0.1) is 0 Å². The van der Waals surface area contributed by atoms with E-state index in [-0.39, 0.29) is 24.6 Å². The first-order chi connectivity index (χ1) is 14.1. The molecule has 0 radical (unpaired) electrons. The maximum absolute atomic E-state index is 12.1. The SMILES string of the molecule is Nc1nc2c(nc(SCCc3cn(Cc4ccccc4)nn3)n2CCO)c(=O)[nH]1. The summed E-state index contributed by atoms with van der Waals surface area (Å²) < 4.78 is 3.51. The molecule has 0 aliphatic heterocycles. The summed E-state index contributed by atoms with van der Waals surface area (Å²) in [5, 5.41) is 18.4. The lowest BCUT2D eigenvalue weighted by Gasteiger charge is -2.05. The van der Waals surface area contributed by atoms with E-state index in [9.17, 15) is 9.90 Å². The number of rotatable bonds is 8. The van der Waals surface area contributed by atoms with Crippen molar-refractivity contribution in [3.63, 3.8) is 0 Å². The molecule has 0 unspecified atom stereocenters. The van der Waals surface area contributed by atoms with Crippen LogP contribution in [0.25, 0.3) is 11.2 Å². The van der Waals surface area contributed by atoms with Gasteiger partial charge in [-0.25, -0.2) is 9.67 Å². The predicted octanol–water partition coefficient (Wildman–Crippen LogP) is 0.669. The Labute approximate surface area is 169 Å². The van der Waals surface area contributed by atoms with Gasteiger partial charge in [0.15, 0.2) is 16.3 Å². The molecule has 0 amide bonds. The number of benzene rings is 1. The molecule has 0 fully saturated rings. The number of thioether (sulfide) groups is 1. The van der Waals surface area contributed by atoms with Crippen molar-refractivity contribution in [1.29, 1.82) is 0 Å². The zero-order valence-electron chi connectivity index (χ0n) is 15.5. The summed E-state index contributed by atoms with van der Waals surface area (Å²) in [5.74, 6) is 0.708. The normalized spacial score (nSPS) is 11.3. The molecule has 0 aliphatic carbocycles. The van der Waals surface area contributed by atoms with Crippen LogP contribution in [0.2, 0.25) is 0 Å². The van der Waals surface area contributed by atoms with Crippen molar-refractivity contribution in [3.05, 3.63) is 58.1 Å². The van der Waals surface area contributed by atoms with Gasteiger partial charge in [-0.2, -0.15) is 4.98 Å². The van der Waals surface area contributed by atoms with E-state index in [4.69, 9.17) is 5.73 Å². The molecule has 0 spiro atoms. The van der Waals surface area contributed by atoms with Crippen LogP contribution in [0.3, 0.4) is 0 Å². The minimum absolute atomic E-state index is 0.0215. The van der Waals surface area contributed by atoms with Crippen LogP contribution >= 0.6 is 11.8 Å². The smallest absolute Gasteiger partial charge is 0.280 e. The summed E-state index contributed by atoms with van der Waals surface area (Å²) in [6, 6.07) is 10.1. The lowest BCUT2D eigenvalue weighted by atomic mass is 10.2. The first kappa shape index (κ1) is 19.2. The van der Waals surface area contributed by atoms with Crippen LogP contribution in [0.4, 0.5) is 5.95 Å². The predicted molar refractivity (Wildman–Crippen MR) is 110 cm³/mol. The Balaban J connectivity index is 1.44. The molecule has 150 valence electrons. The van der Waals surface area contributed by atoms with Gasteiger partial charge in [0, 0.05) is 24.9 Å². The van der Waals surface area contributed by atoms with Crippen LogP contribution in [0.15, 0.2) is 46.5 Å². The molecule has 0 aliphatic rings. The fourth-order valence-electron chi connectivity index (χ4n) is 2.97. The first-order valence-corrected chi connectivity index (χ1v) is 10.0. The molecular formula is C18H20N8O2S. The fourth-order valence-corrected chi connectivity index (χ4v) is 3.95. The van der Waals surface area contributed by atoms with E-state index in [0.29, 0.717) is 29.5 Å². The number of nitrogen functional groups attached to an aromatic ring is 1. The minimum atomic E-state index is -0.394. The number of imidazole rings is 1. The lowest BCUT2D eigenvalue weighted by molar-refractivity contribution is 0.273. The van der Waals surface area contributed by atoms with E-state index in [1.54, 1.807) is 4.57 Å². The van der Waals surface area contributed by atoms with Gasteiger partial charge in [-0.3, -0.25) is 9.78 Å². The third kappa shape index (κ3) is 4.30. The second-order valence-corrected chi connectivity index (χ2v) is 7.45. The maximum Gasteiger partial charge on any atom is 0.280 e. The van der Waals surface area contributed by atoms with Gasteiger partial charge in [0.05, 0.1) is 18.8 Å². The van der Waals surface area contributed by atoms with Crippen LogP contribution in [0.5, 0.6) is 0 Å². The highest BCUT2D eigenvalue weighted by Gasteiger charge is 2.16. The van der Waals surface area contributed by atoms with Crippen molar-refractivity contribution < 1.29 is 5.11 Å². The molecule has 4 N–H and O–H groups in total. The Morgan fingerprint density at radius 2 is 2.03 bits per heavy atom. The van der Waals surface area contributed by atoms with Crippen molar-refractivity contribution in [1.82, 2.24) is 34.5 Å². The van der Waals surface area contributed by atoms with E-state index in [1.165, 1.54) is 11.8 Å². The summed E-state index contributed by atoms with van der Waals surface area (Å²) >= 11 is 1.47. The maximum atomic E-state index is 12.1. The number of fused-ring (bicyclic) bond motifs is 1. The fraction of sp³-hybridized carbons (Fsp3) is 0.278. The van der Waals surface area contributed by atoms with E-state index in [0.717, 1.165) is 11.3 Å².